The van der Waals surface area contributed by atoms with Crippen molar-refractivity contribution in [2.24, 2.45) is 11.7 Å². The third-order valence-corrected chi connectivity index (χ3v) is 4.06. The van der Waals surface area contributed by atoms with Crippen LogP contribution < -0.4 is 5.73 Å². The smallest absolute Gasteiger partial charge is 0.0218 e. The molecule has 2 heteroatoms. The summed E-state index contributed by atoms with van der Waals surface area (Å²) in [6.07, 6.45) is 9.52. The van der Waals surface area contributed by atoms with Crippen LogP contribution in [-0.4, -0.2) is 30.6 Å². The van der Waals surface area contributed by atoms with E-state index in [1.807, 2.05) is 0 Å². The summed E-state index contributed by atoms with van der Waals surface area (Å²) >= 11 is 0. The number of nitrogens with two attached hydrogens (primary N) is 1. The van der Waals surface area contributed by atoms with Gasteiger partial charge in [-0.2, -0.15) is 0 Å². The Hall–Kier alpha value is -0.0800. The summed E-state index contributed by atoms with van der Waals surface area (Å²) in [7, 11) is 0. The molecular formula is C14H30N2. The summed E-state index contributed by atoms with van der Waals surface area (Å²) in [5.74, 6) is 0.895. The summed E-state index contributed by atoms with van der Waals surface area (Å²) in [6.45, 7) is 8.05. The van der Waals surface area contributed by atoms with E-state index in [0.717, 1.165) is 12.5 Å². The molecule has 0 radical (unpaired) electrons. The molecule has 0 aromatic heterocycles. The molecule has 1 fully saturated rings. The van der Waals surface area contributed by atoms with Gasteiger partial charge in [-0.15, -0.1) is 0 Å². The van der Waals surface area contributed by atoms with E-state index in [2.05, 4.69) is 18.7 Å². The van der Waals surface area contributed by atoms with Gasteiger partial charge in [0.1, 0.15) is 0 Å². The van der Waals surface area contributed by atoms with Crippen LogP contribution in [0.4, 0.5) is 0 Å². The predicted molar refractivity (Wildman–Crippen MR) is 71.6 cm³/mol. The van der Waals surface area contributed by atoms with E-state index in [1.54, 1.807) is 0 Å². The molecule has 0 aromatic rings. The van der Waals surface area contributed by atoms with Gasteiger partial charge in [-0.1, -0.05) is 39.5 Å². The average Bonchev–Trinajstić information content (AvgIpc) is 2.34. The van der Waals surface area contributed by atoms with Crippen molar-refractivity contribution in [1.29, 1.82) is 0 Å². The number of hydrogen-bond acceptors (Lipinski definition) is 2. The largest absolute Gasteiger partial charge is 0.329 e. The quantitative estimate of drug-likeness (QED) is 0.723. The van der Waals surface area contributed by atoms with Gasteiger partial charge in [-0.25, -0.2) is 0 Å². The second-order valence-corrected chi connectivity index (χ2v) is 5.30. The molecule has 0 aliphatic carbocycles. The maximum Gasteiger partial charge on any atom is 0.0218 e. The van der Waals surface area contributed by atoms with Gasteiger partial charge in [0.15, 0.2) is 0 Å². The summed E-state index contributed by atoms with van der Waals surface area (Å²) in [5, 5.41) is 0. The molecule has 16 heavy (non-hydrogen) atoms. The molecule has 2 unspecified atom stereocenters. The molecule has 2 N–H and O–H groups in total. The average molecular weight is 226 g/mol. The minimum absolute atomic E-state index is 0.671. The summed E-state index contributed by atoms with van der Waals surface area (Å²) in [5.41, 5.74) is 5.87. The Morgan fingerprint density at radius 3 is 2.75 bits per heavy atom. The fourth-order valence-corrected chi connectivity index (χ4v) is 2.82. The number of unbranched alkanes of at least 4 members (excludes halogenated alkanes) is 1. The van der Waals surface area contributed by atoms with Crippen molar-refractivity contribution in [2.75, 3.05) is 19.6 Å². The molecule has 0 spiro atoms. The third kappa shape index (κ3) is 4.42. The molecule has 0 saturated carbocycles. The van der Waals surface area contributed by atoms with E-state index >= 15 is 0 Å². The zero-order valence-electron chi connectivity index (χ0n) is 11.3. The van der Waals surface area contributed by atoms with Gasteiger partial charge in [0.25, 0.3) is 0 Å². The van der Waals surface area contributed by atoms with Crippen molar-refractivity contribution in [1.82, 2.24) is 4.90 Å². The maximum absolute atomic E-state index is 5.87. The van der Waals surface area contributed by atoms with Gasteiger partial charge in [0.05, 0.1) is 0 Å². The molecule has 1 saturated heterocycles. The van der Waals surface area contributed by atoms with Gasteiger partial charge in [-0.05, 0) is 31.7 Å². The first-order chi connectivity index (χ1) is 7.81. The lowest BCUT2D eigenvalue weighted by Crippen LogP contribution is -2.46. The van der Waals surface area contributed by atoms with Crippen molar-refractivity contribution >= 4 is 0 Å². The Morgan fingerprint density at radius 1 is 1.31 bits per heavy atom. The summed E-state index contributed by atoms with van der Waals surface area (Å²) < 4.78 is 0. The molecule has 1 aliphatic heterocycles. The Labute approximate surface area is 102 Å². The molecule has 2 atom stereocenters. The lowest BCUT2D eigenvalue weighted by Gasteiger charge is -2.37. The molecule has 1 rings (SSSR count). The lowest BCUT2D eigenvalue weighted by atomic mass is 9.95. The van der Waals surface area contributed by atoms with Crippen LogP contribution in [0.25, 0.3) is 0 Å². The third-order valence-electron chi connectivity index (χ3n) is 4.06. The second-order valence-electron chi connectivity index (χ2n) is 5.30. The van der Waals surface area contributed by atoms with Crippen LogP contribution in [0, 0.1) is 5.92 Å². The molecule has 0 bridgehead atoms. The summed E-state index contributed by atoms with van der Waals surface area (Å²) in [6, 6.07) is 0.671. The second kappa shape index (κ2) is 8.08. The topological polar surface area (TPSA) is 29.3 Å². The van der Waals surface area contributed by atoms with Crippen molar-refractivity contribution in [2.45, 2.75) is 64.8 Å². The van der Waals surface area contributed by atoms with Gasteiger partial charge in [0.2, 0.25) is 0 Å². The van der Waals surface area contributed by atoms with Gasteiger partial charge < -0.3 is 5.73 Å². The Bertz CT molecular complexity index is 170. The molecule has 1 heterocycles. The highest BCUT2D eigenvalue weighted by Gasteiger charge is 2.22. The van der Waals surface area contributed by atoms with Crippen LogP contribution in [0.3, 0.4) is 0 Å². The van der Waals surface area contributed by atoms with E-state index in [9.17, 15) is 0 Å². The van der Waals surface area contributed by atoms with Crippen molar-refractivity contribution in [3.05, 3.63) is 0 Å². The minimum atomic E-state index is 0.671. The van der Waals surface area contributed by atoms with E-state index < -0.39 is 0 Å². The fraction of sp³-hybridized carbons (Fsp3) is 1.00. The van der Waals surface area contributed by atoms with Gasteiger partial charge >= 0.3 is 0 Å². The first kappa shape index (κ1) is 14.0. The van der Waals surface area contributed by atoms with E-state index in [-0.39, 0.29) is 0 Å². The maximum atomic E-state index is 5.87. The predicted octanol–water partition coefficient (Wildman–Crippen LogP) is 3.02. The van der Waals surface area contributed by atoms with Crippen molar-refractivity contribution < 1.29 is 0 Å². The SMILES string of the molecule is CCCCC(CC)CN1CCCCC1CN. The van der Waals surface area contributed by atoms with Gasteiger partial charge in [-0.3, -0.25) is 4.90 Å². The van der Waals surface area contributed by atoms with E-state index in [4.69, 9.17) is 5.73 Å². The molecule has 2 nitrogen and oxygen atoms in total. The first-order valence-electron chi connectivity index (χ1n) is 7.25. The van der Waals surface area contributed by atoms with Crippen LogP contribution >= 0.6 is 0 Å². The van der Waals surface area contributed by atoms with Crippen LogP contribution in [0.1, 0.15) is 58.8 Å². The Morgan fingerprint density at radius 2 is 2.12 bits per heavy atom. The lowest BCUT2D eigenvalue weighted by molar-refractivity contribution is 0.124. The fourth-order valence-electron chi connectivity index (χ4n) is 2.82. The number of rotatable bonds is 7. The standard InChI is InChI=1S/C14H30N2/c1-3-5-8-13(4-2)12-16-10-7-6-9-14(16)11-15/h13-14H,3-12,15H2,1-2H3. The first-order valence-corrected chi connectivity index (χ1v) is 7.25. The van der Waals surface area contributed by atoms with Crippen LogP contribution in [0.15, 0.2) is 0 Å². The van der Waals surface area contributed by atoms with Crippen LogP contribution in [0.2, 0.25) is 0 Å². The summed E-state index contributed by atoms with van der Waals surface area (Å²) in [4.78, 5) is 2.66. The minimum Gasteiger partial charge on any atom is -0.329 e. The molecule has 0 aromatic carbocycles. The Balaban J connectivity index is 2.35. The van der Waals surface area contributed by atoms with E-state index in [1.165, 1.54) is 58.0 Å². The van der Waals surface area contributed by atoms with Crippen molar-refractivity contribution in [3.8, 4) is 0 Å². The zero-order chi connectivity index (χ0) is 11.8. The van der Waals surface area contributed by atoms with Crippen LogP contribution in [0.5, 0.6) is 0 Å². The number of nitrogens with zero attached hydrogens (tertiary/aromatic N) is 1. The number of piperidine rings is 1. The molecule has 96 valence electrons. The highest BCUT2D eigenvalue weighted by atomic mass is 15.2. The monoisotopic (exact) mass is 226 g/mol. The normalized spacial score (nSPS) is 24.6. The highest BCUT2D eigenvalue weighted by Crippen LogP contribution is 2.21. The highest BCUT2D eigenvalue weighted by molar-refractivity contribution is 4.79. The molecule has 1 aliphatic rings. The van der Waals surface area contributed by atoms with E-state index in [0.29, 0.717) is 6.04 Å². The number of hydrogen-bond donors (Lipinski definition) is 1. The van der Waals surface area contributed by atoms with Gasteiger partial charge in [0, 0.05) is 19.1 Å². The Kier molecular flexibility index (Phi) is 7.06. The van der Waals surface area contributed by atoms with Crippen LogP contribution in [-0.2, 0) is 0 Å². The number of likely N-dealkylation sites (tertiary alicyclic amines) is 1. The zero-order valence-corrected chi connectivity index (χ0v) is 11.3. The molecule has 0 amide bonds. The van der Waals surface area contributed by atoms with Crippen molar-refractivity contribution in [3.63, 3.8) is 0 Å². The molecular weight excluding hydrogens is 196 g/mol.